The Balaban J connectivity index is 1.48. The first-order chi connectivity index (χ1) is 16.0. The lowest BCUT2D eigenvalue weighted by molar-refractivity contribution is 0.242. The fourth-order valence-corrected chi connectivity index (χ4v) is 4.75. The zero-order chi connectivity index (χ0) is 23.4. The van der Waals surface area contributed by atoms with Gasteiger partial charge >= 0.3 is 0 Å². The van der Waals surface area contributed by atoms with Crippen molar-refractivity contribution in [2.24, 2.45) is 5.92 Å². The van der Waals surface area contributed by atoms with Crippen LogP contribution in [0.15, 0.2) is 78.4 Å². The van der Waals surface area contributed by atoms with Gasteiger partial charge in [-0.2, -0.15) is 0 Å². The molecule has 0 bridgehead atoms. The molecule has 0 saturated carbocycles. The first-order valence-corrected chi connectivity index (χ1v) is 11.9. The summed E-state index contributed by atoms with van der Waals surface area (Å²) in [5.41, 5.74) is 4.74. The first kappa shape index (κ1) is 23.4. The summed E-state index contributed by atoms with van der Waals surface area (Å²) in [6, 6.07) is 12.4. The van der Waals surface area contributed by atoms with Crippen molar-refractivity contribution < 1.29 is 13.2 Å². The third-order valence-corrected chi connectivity index (χ3v) is 6.88. The molecule has 0 heterocycles. The summed E-state index contributed by atoms with van der Waals surface area (Å²) in [6.45, 7) is 3.64. The average molecular weight is 449 g/mol. The Hall–Kier alpha value is -2.81. The minimum absolute atomic E-state index is 0.265. The molecule has 0 radical (unpaired) electrons. The maximum atomic E-state index is 15.0. The zero-order valence-corrected chi connectivity index (χ0v) is 19.3. The van der Waals surface area contributed by atoms with E-state index in [9.17, 15) is 8.78 Å². The Morgan fingerprint density at radius 1 is 0.939 bits per heavy atom. The van der Waals surface area contributed by atoms with E-state index in [-0.39, 0.29) is 5.82 Å². The Morgan fingerprint density at radius 3 is 2.33 bits per heavy atom. The largest absolute Gasteiger partial charge is 0.239 e. The standard InChI is InChI=1S/C30H31F3/c1-3-4-5-6-21-8-10-22(11-9-21)25-16-18-26(28(31)19-25)23-12-14-24(15-13-23)27-17-7-20(2)29(32)30(27)33/h3-4,7,10,12-19,21,29-30H,5-6,8-9,11H2,1-2H3/b4-3+. The number of alkyl halides is 2. The average Bonchev–Trinajstić information content (AvgIpc) is 2.83. The van der Waals surface area contributed by atoms with Crippen molar-refractivity contribution in [1.29, 1.82) is 0 Å². The zero-order valence-electron chi connectivity index (χ0n) is 19.3. The van der Waals surface area contributed by atoms with Crippen molar-refractivity contribution in [3.63, 3.8) is 0 Å². The van der Waals surface area contributed by atoms with Crippen molar-refractivity contribution in [3.05, 3.63) is 95.4 Å². The Labute approximate surface area is 195 Å². The van der Waals surface area contributed by atoms with Gasteiger partial charge in [0.25, 0.3) is 0 Å². The van der Waals surface area contributed by atoms with E-state index in [4.69, 9.17) is 0 Å². The van der Waals surface area contributed by atoms with Crippen LogP contribution in [0.5, 0.6) is 0 Å². The summed E-state index contributed by atoms with van der Waals surface area (Å²) in [5, 5.41) is 0. The van der Waals surface area contributed by atoms with Gasteiger partial charge in [0.05, 0.1) is 0 Å². The second-order valence-electron chi connectivity index (χ2n) is 9.12. The van der Waals surface area contributed by atoms with E-state index in [1.165, 1.54) is 12.0 Å². The second-order valence-corrected chi connectivity index (χ2v) is 9.12. The number of rotatable bonds is 6. The van der Waals surface area contributed by atoms with Crippen LogP contribution in [0.4, 0.5) is 13.2 Å². The molecule has 172 valence electrons. The fourth-order valence-electron chi connectivity index (χ4n) is 4.75. The molecule has 3 atom stereocenters. The van der Waals surface area contributed by atoms with Crippen LogP contribution in [0.1, 0.15) is 57.1 Å². The topological polar surface area (TPSA) is 0 Å². The van der Waals surface area contributed by atoms with Gasteiger partial charge in [0.15, 0.2) is 12.3 Å². The molecule has 0 N–H and O–H groups in total. The quantitative estimate of drug-likeness (QED) is 0.387. The maximum Gasteiger partial charge on any atom is 0.161 e. The van der Waals surface area contributed by atoms with Crippen LogP contribution in [0.2, 0.25) is 0 Å². The number of halogens is 3. The molecular formula is C30H31F3. The smallest absolute Gasteiger partial charge is 0.161 e. The Bertz CT molecular complexity index is 1100. The van der Waals surface area contributed by atoms with E-state index in [0.717, 1.165) is 36.8 Å². The lowest BCUT2D eigenvalue weighted by Crippen LogP contribution is -2.22. The normalized spacial score (nSPS) is 23.3. The van der Waals surface area contributed by atoms with Crippen LogP contribution in [0, 0.1) is 11.7 Å². The lowest BCUT2D eigenvalue weighted by atomic mass is 9.84. The predicted octanol–water partition coefficient (Wildman–Crippen LogP) is 9.05. The van der Waals surface area contributed by atoms with Crippen LogP contribution >= 0.6 is 0 Å². The Kier molecular flexibility index (Phi) is 7.37. The molecule has 0 saturated heterocycles. The van der Waals surface area contributed by atoms with Crippen molar-refractivity contribution in [1.82, 2.24) is 0 Å². The monoisotopic (exact) mass is 448 g/mol. The Morgan fingerprint density at radius 2 is 1.67 bits per heavy atom. The van der Waals surface area contributed by atoms with E-state index in [2.05, 4.69) is 25.2 Å². The molecule has 2 aromatic rings. The van der Waals surface area contributed by atoms with Gasteiger partial charge < -0.3 is 0 Å². The summed E-state index contributed by atoms with van der Waals surface area (Å²) in [5.74, 6) is 0.446. The highest BCUT2D eigenvalue weighted by Crippen LogP contribution is 2.36. The molecule has 2 aliphatic rings. The summed E-state index contributed by atoms with van der Waals surface area (Å²) in [6.07, 6.45) is 12.1. The highest BCUT2D eigenvalue weighted by molar-refractivity contribution is 5.76. The molecule has 3 heteroatoms. The van der Waals surface area contributed by atoms with E-state index < -0.39 is 12.3 Å². The van der Waals surface area contributed by atoms with Gasteiger partial charge in [0, 0.05) is 5.56 Å². The second kappa shape index (κ2) is 10.4. The van der Waals surface area contributed by atoms with E-state index in [1.807, 2.05) is 12.1 Å². The minimum Gasteiger partial charge on any atom is -0.239 e. The fraction of sp³-hybridized carbons (Fsp3) is 0.333. The minimum atomic E-state index is -1.68. The molecule has 33 heavy (non-hydrogen) atoms. The van der Waals surface area contributed by atoms with Crippen LogP contribution in [-0.2, 0) is 0 Å². The van der Waals surface area contributed by atoms with Gasteiger partial charge in [-0.15, -0.1) is 0 Å². The van der Waals surface area contributed by atoms with Crippen molar-refractivity contribution >= 4 is 11.1 Å². The SMILES string of the molecule is C/C=C/CCC1CC=C(c2ccc(-c3ccc(C4=CC=C(C)C(F)C4F)cc3)c(F)c2)CC1. The summed E-state index contributed by atoms with van der Waals surface area (Å²) in [7, 11) is 0. The third kappa shape index (κ3) is 5.24. The predicted molar refractivity (Wildman–Crippen MR) is 133 cm³/mol. The number of benzene rings is 2. The lowest BCUT2D eigenvalue weighted by Gasteiger charge is -2.22. The maximum absolute atomic E-state index is 15.0. The number of hydrogen-bond donors (Lipinski definition) is 0. The molecule has 0 aliphatic heterocycles. The number of hydrogen-bond acceptors (Lipinski definition) is 0. The highest BCUT2D eigenvalue weighted by Gasteiger charge is 2.29. The molecular weight excluding hydrogens is 417 g/mol. The van der Waals surface area contributed by atoms with Gasteiger partial charge in [0.2, 0.25) is 0 Å². The van der Waals surface area contributed by atoms with Gasteiger partial charge in [0.1, 0.15) is 5.82 Å². The molecule has 2 aliphatic carbocycles. The molecule has 0 nitrogen and oxygen atoms in total. The third-order valence-electron chi connectivity index (χ3n) is 6.88. The highest BCUT2D eigenvalue weighted by atomic mass is 19.2. The van der Waals surface area contributed by atoms with Gasteiger partial charge in [-0.1, -0.05) is 66.8 Å². The van der Waals surface area contributed by atoms with E-state index in [0.29, 0.717) is 28.2 Å². The molecule has 0 spiro atoms. The number of allylic oxidation sites excluding steroid dienone is 8. The van der Waals surface area contributed by atoms with Crippen molar-refractivity contribution in [2.45, 2.75) is 58.3 Å². The molecule has 0 fully saturated rings. The van der Waals surface area contributed by atoms with Crippen LogP contribution in [0.25, 0.3) is 22.3 Å². The van der Waals surface area contributed by atoms with Crippen LogP contribution < -0.4 is 0 Å². The summed E-state index contributed by atoms with van der Waals surface area (Å²) < 4.78 is 43.5. The van der Waals surface area contributed by atoms with Gasteiger partial charge in [-0.25, -0.2) is 13.2 Å². The first-order valence-electron chi connectivity index (χ1n) is 11.9. The van der Waals surface area contributed by atoms with E-state index in [1.54, 1.807) is 49.4 Å². The molecule has 0 amide bonds. The van der Waals surface area contributed by atoms with Crippen LogP contribution in [0.3, 0.4) is 0 Å². The van der Waals surface area contributed by atoms with Crippen LogP contribution in [-0.4, -0.2) is 12.3 Å². The van der Waals surface area contributed by atoms with Crippen molar-refractivity contribution in [2.75, 3.05) is 0 Å². The summed E-state index contributed by atoms with van der Waals surface area (Å²) >= 11 is 0. The molecule has 4 rings (SSSR count). The van der Waals surface area contributed by atoms with Gasteiger partial charge in [-0.05, 0) is 91.3 Å². The summed E-state index contributed by atoms with van der Waals surface area (Å²) in [4.78, 5) is 0. The molecule has 3 unspecified atom stereocenters. The van der Waals surface area contributed by atoms with Gasteiger partial charge in [-0.3, -0.25) is 0 Å². The molecule has 0 aromatic heterocycles. The molecule has 2 aromatic carbocycles. The van der Waals surface area contributed by atoms with E-state index >= 15 is 4.39 Å². The van der Waals surface area contributed by atoms with Crippen molar-refractivity contribution in [3.8, 4) is 11.1 Å².